The summed E-state index contributed by atoms with van der Waals surface area (Å²) in [6.45, 7) is 13.7. The van der Waals surface area contributed by atoms with Crippen LogP contribution in [0.3, 0.4) is 0 Å². The zero-order valence-corrected chi connectivity index (χ0v) is 27.9. The van der Waals surface area contributed by atoms with Gasteiger partial charge in [-0.2, -0.15) is 0 Å². The molecular formula is C34H54N3O8+. The summed E-state index contributed by atoms with van der Waals surface area (Å²) >= 11 is 0. The summed E-state index contributed by atoms with van der Waals surface area (Å²) in [4.78, 5) is 5.69. The first-order chi connectivity index (χ1) is 21.6. The molecule has 1 aromatic heterocycles. The van der Waals surface area contributed by atoms with Crippen molar-refractivity contribution in [2.75, 3.05) is 6.61 Å². The van der Waals surface area contributed by atoms with E-state index >= 15 is 0 Å². The molecule has 11 nitrogen and oxygen atoms in total. The molecule has 11 heteroatoms. The summed E-state index contributed by atoms with van der Waals surface area (Å²) in [5, 5.41) is 17.3. The third kappa shape index (κ3) is 4.58. The molecule has 7 fully saturated rings. The number of rotatable bonds is 6. The predicted octanol–water partition coefficient (Wildman–Crippen LogP) is 4.86. The van der Waals surface area contributed by atoms with Crippen molar-refractivity contribution in [1.29, 1.82) is 0 Å². The van der Waals surface area contributed by atoms with E-state index in [1.165, 1.54) is 6.42 Å². The van der Waals surface area contributed by atoms with Crippen LogP contribution in [0.1, 0.15) is 105 Å². The minimum atomic E-state index is -0.750. The van der Waals surface area contributed by atoms with Gasteiger partial charge in [-0.25, -0.2) is 4.68 Å². The third-order valence-corrected chi connectivity index (χ3v) is 13.5. The van der Waals surface area contributed by atoms with Gasteiger partial charge < -0.3 is 28.4 Å². The maximum Gasteiger partial charge on any atom is 0.205 e. The molecule has 1 aromatic rings. The molecule has 8 rings (SSSR count). The summed E-state index contributed by atoms with van der Waals surface area (Å²) in [7, 11) is 0. The predicted molar refractivity (Wildman–Crippen MR) is 161 cm³/mol. The Morgan fingerprint density at radius 3 is 2.42 bits per heavy atom. The first-order valence-electron chi connectivity index (χ1n) is 17.8. The van der Waals surface area contributed by atoms with Crippen molar-refractivity contribution >= 4 is 0 Å². The maximum absolute atomic E-state index is 8.26. The summed E-state index contributed by atoms with van der Waals surface area (Å²) in [5.74, 6) is 1.99. The molecule has 5 aliphatic heterocycles. The van der Waals surface area contributed by atoms with Crippen LogP contribution >= 0.6 is 0 Å². The van der Waals surface area contributed by atoms with Gasteiger partial charge >= 0.3 is 0 Å². The lowest BCUT2D eigenvalue weighted by molar-refractivity contribution is -0.460. The number of hydrogen-bond donors (Lipinski definition) is 0. The second-order valence-corrected chi connectivity index (χ2v) is 16.0. The van der Waals surface area contributed by atoms with Crippen LogP contribution in [0.2, 0.25) is 0 Å². The molecule has 5 saturated heterocycles. The number of hydrogen-bond acceptors (Lipinski definition) is 9. The standard InChI is InChI=1S/C34H53N3O8/c1-18-8-11-27-22(5)29(42-30-34(27,45-38)24(18)12-9-20(3)40-30)39-16-14-23-17-37(36-35-23)28-21(4)26-10-7-19(2)25-13-15-32(6)43-31(41-28)33(25,26)44-32/h17-22,24-31,38H,7-16H2,1-6H3/p+1/t18-,19-,20+,21-,22-,24+,25+,26+,27+,28?,29-,30+,31-,32-,33-,34-/m1/s1. The Balaban J connectivity index is 0.945. The van der Waals surface area contributed by atoms with Crippen LogP contribution in [0.4, 0.5) is 0 Å². The van der Waals surface area contributed by atoms with Crippen LogP contribution in [0.25, 0.3) is 0 Å². The lowest BCUT2D eigenvalue weighted by Gasteiger charge is -2.58. The van der Waals surface area contributed by atoms with Gasteiger partial charge in [0.1, 0.15) is 5.60 Å². The van der Waals surface area contributed by atoms with Gasteiger partial charge in [-0.3, -0.25) is 5.26 Å². The van der Waals surface area contributed by atoms with E-state index in [1.807, 2.05) is 10.9 Å². The molecule has 45 heavy (non-hydrogen) atoms. The molecule has 252 valence electrons. The third-order valence-electron chi connectivity index (χ3n) is 13.5. The number of nitrogens with zero attached hydrogens (tertiary/aromatic N) is 3. The zero-order valence-electron chi connectivity index (χ0n) is 27.9. The maximum atomic E-state index is 8.26. The summed E-state index contributed by atoms with van der Waals surface area (Å²) < 4.78 is 41.4. The Hall–Kier alpha value is -1.18. The number of aromatic nitrogens is 3. The quantitative estimate of drug-likeness (QED) is 0.246. The van der Waals surface area contributed by atoms with Crippen LogP contribution < -0.4 is 0 Å². The highest BCUT2D eigenvalue weighted by atomic mass is 17.1. The van der Waals surface area contributed by atoms with Gasteiger partial charge in [-0.05, 0) is 76.5 Å². The zero-order chi connectivity index (χ0) is 31.3. The molecule has 2 N–H and O–H groups in total. The van der Waals surface area contributed by atoms with Gasteiger partial charge in [0, 0.05) is 42.4 Å². The van der Waals surface area contributed by atoms with Crippen molar-refractivity contribution in [3.63, 3.8) is 0 Å². The minimum Gasteiger partial charge on any atom is -0.352 e. The molecule has 0 radical (unpaired) electrons. The fourth-order valence-corrected chi connectivity index (χ4v) is 11.2. The van der Waals surface area contributed by atoms with Crippen molar-refractivity contribution in [3.8, 4) is 0 Å². The van der Waals surface area contributed by atoms with Gasteiger partial charge in [0.2, 0.25) is 5.60 Å². The highest BCUT2D eigenvalue weighted by Gasteiger charge is 2.72. The molecule has 1 unspecified atom stereocenters. The van der Waals surface area contributed by atoms with Crippen LogP contribution in [-0.4, -0.2) is 68.8 Å². The van der Waals surface area contributed by atoms with Gasteiger partial charge in [0.15, 0.2) is 30.9 Å². The fraction of sp³-hybridized carbons (Fsp3) is 0.941. The Labute approximate surface area is 266 Å². The van der Waals surface area contributed by atoms with Gasteiger partial charge in [0.05, 0.1) is 24.6 Å². The fourth-order valence-electron chi connectivity index (χ4n) is 11.2. The Kier molecular flexibility index (Phi) is 7.73. The first-order valence-corrected chi connectivity index (χ1v) is 17.8. The number of ether oxygens (including phenoxy) is 6. The second kappa shape index (κ2) is 11.2. The normalized spacial score (nSPS) is 53.8. The smallest absolute Gasteiger partial charge is 0.205 e. The molecule has 0 aromatic carbocycles. The van der Waals surface area contributed by atoms with Gasteiger partial charge in [0.25, 0.3) is 0 Å². The SMILES string of the molecule is C[C@H]1[C@H](OCCc2cn(C3O[C@@H]4O[C@@]5(C)CC[C@H]6[C@H](C)CC[C@@H]([C@H]3C)[C@@]46O5)nn2)O[C@@H]2O[C@@H](C)CC[C@H]3[C@H](C)CC[C@@H]1[C@@]23O[OH2+]. The summed E-state index contributed by atoms with van der Waals surface area (Å²) in [6, 6.07) is 0. The lowest BCUT2D eigenvalue weighted by Crippen LogP contribution is -2.67. The second-order valence-electron chi connectivity index (χ2n) is 16.0. The van der Waals surface area contributed by atoms with E-state index in [9.17, 15) is 0 Å². The van der Waals surface area contributed by atoms with Gasteiger partial charge in [-0.1, -0.05) is 32.9 Å². The molecule has 2 aliphatic carbocycles. The lowest BCUT2D eigenvalue weighted by atomic mass is 9.57. The van der Waals surface area contributed by atoms with E-state index in [1.54, 1.807) is 0 Å². The minimum absolute atomic E-state index is 0.0513. The molecule has 1 spiro atoms. The molecule has 16 atom stereocenters. The van der Waals surface area contributed by atoms with E-state index in [-0.39, 0.29) is 47.9 Å². The van der Waals surface area contributed by atoms with Crippen molar-refractivity contribution in [2.24, 2.45) is 47.3 Å². The largest absolute Gasteiger partial charge is 0.352 e. The highest BCUT2D eigenvalue weighted by molar-refractivity contribution is 5.13. The van der Waals surface area contributed by atoms with Crippen LogP contribution in [-0.2, 0) is 39.7 Å². The van der Waals surface area contributed by atoms with E-state index in [4.69, 9.17) is 38.6 Å². The van der Waals surface area contributed by atoms with Crippen LogP contribution in [0.15, 0.2) is 6.20 Å². The Morgan fingerprint density at radius 2 is 1.62 bits per heavy atom. The van der Waals surface area contributed by atoms with Crippen LogP contribution in [0.5, 0.6) is 0 Å². The average molecular weight is 633 g/mol. The van der Waals surface area contributed by atoms with Crippen molar-refractivity contribution < 1.29 is 38.6 Å². The highest BCUT2D eigenvalue weighted by Crippen LogP contribution is 2.64. The summed E-state index contributed by atoms with van der Waals surface area (Å²) in [5.41, 5.74) is -0.263. The molecule has 6 heterocycles. The van der Waals surface area contributed by atoms with E-state index in [0.29, 0.717) is 36.7 Å². The Morgan fingerprint density at radius 1 is 0.867 bits per heavy atom. The van der Waals surface area contributed by atoms with Gasteiger partial charge in [-0.15, -0.1) is 9.99 Å². The van der Waals surface area contributed by atoms with E-state index in [0.717, 1.165) is 50.6 Å². The van der Waals surface area contributed by atoms with E-state index in [2.05, 4.69) is 51.9 Å². The molecule has 2 bridgehead atoms. The average Bonchev–Trinajstić information content (AvgIpc) is 3.51. The molecule has 7 aliphatic rings. The van der Waals surface area contributed by atoms with Crippen molar-refractivity contribution in [1.82, 2.24) is 15.0 Å². The van der Waals surface area contributed by atoms with Crippen molar-refractivity contribution in [2.45, 2.75) is 148 Å². The van der Waals surface area contributed by atoms with E-state index < -0.39 is 24.0 Å². The molecule has 0 amide bonds. The van der Waals surface area contributed by atoms with Crippen molar-refractivity contribution in [3.05, 3.63) is 11.9 Å². The first kappa shape index (κ1) is 31.1. The number of fused-ring (bicyclic) bond motifs is 1. The summed E-state index contributed by atoms with van der Waals surface area (Å²) in [6.07, 6.45) is 9.40. The Bertz CT molecular complexity index is 1250. The topological polar surface area (TPSA) is 118 Å². The molecular weight excluding hydrogens is 578 g/mol. The molecule has 2 saturated carbocycles. The monoisotopic (exact) mass is 632 g/mol. The van der Waals surface area contributed by atoms with Crippen LogP contribution in [0, 0.1) is 47.3 Å².